The third-order valence-corrected chi connectivity index (χ3v) is 1.34. The molecule has 0 saturated carbocycles. The number of hydrogen-bond donors (Lipinski definition) is 2. The topological polar surface area (TPSA) is 57.5 Å². The van der Waals surface area contributed by atoms with E-state index >= 15 is 0 Å². The van der Waals surface area contributed by atoms with Gasteiger partial charge in [-0.15, -0.1) is 0 Å². The molecule has 0 bridgehead atoms. The van der Waals surface area contributed by atoms with E-state index in [4.69, 9.17) is 5.11 Å². The number of carbonyl (C=O) groups is 1. The Kier molecular flexibility index (Phi) is 2.67. The lowest BCUT2D eigenvalue weighted by atomic mass is 9.83. The zero-order valence-corrected chi connectivity index (χ0v) is 7.51. The van der Waals surface area contributed by atoms with E-state index in [-0.39, 0.29) is 11.8 Å². The van der Waals surface area contributed by atoms with Gasteiger partial charge in [-0.2, -0.15) is 0 Å². The molecule has 0 radical (unpaired) electrons. The van der Waals surface area contributed by atoms with E-state index in [0.29, 0.717) is 0 Å². The smallest absolute Gasteiger partial charge is 0.335 e. The van der Waals surface area contributed by atoms with Crippen LogP contribution in [0.5, 0.6) is 0 Å². The highest BCUT2D eigenvalue weighted by molar-refractivity contribution is 5.76. The van der Waals surface area contributed by atoms with Crippen molar-refractivity contribution in [3.05, 3.63) is 0 Å². The molecule has 0 aromatic rings. The molecule has 0 aliphatic carbocycles. The lowest BCUT2D eigenvalue weighted by molar-refractivity contribution is -0.159. The number of hydrogen-bond acceptors (Lipinski definition) is 2. The molecule has 66 valence electrons. The van der Waals surface area contributed by atoms with Crippen LogP contribution in [0.4, 0.5) is 0 Å². The Morgan fingerprint density at radius 2 is 1.64 bits per heavy atom. The Hall–Kier alpha value is -0.570. The molecular weight excluding hydrogens is 144 g/mol. The summed E-state index contributed by atoms with van der Waals surface area (Å²) >= 11 is 0. The fourth-order valence-electron chi connectivity index (χ4n) is 1.11. The molecule has 0 unspecified atom stereocenters. The first kappa shape index (κ1) is 10.4. The van der Waals surface area contributed by atoms with Gasteiger partial charge in [-0.25, -0.2) is 4.79 Å². The summed E-state index contributed by atoms with van der Waals surface area (Å²) in [6, 6.07) is 0. The van der Waals surface area contributed by atoms with Gasteiger partial charge in [0.25, 0.3) is 0 Å². The summed E-state index contributed by atoms with van der Waals surface area (Å²) in [6.45, 7) is 7.00. The molecule has 0 fully saturated rings. The molecule has 3 nitrogen and oxygen atoms in total. The Balaban J connectivity index is 4.25. The second-order valence-electron chi connectivity index (χ2n) is 4.32. The van der Waals surface area contributed by atoms with Gasteiger partial charge in [0.15, 0.2) is 5.60 Å². The van der Waals surface area contributed by atoms with Crippen LogP contribution in [0.2, 0.25) is 0 Å². The SMILES string of the molecule is CC(C)(C)C[C@@](C)(O)C(=O)O. The fourth-order valence-corrected chi connectivity index (χ4v) is 1.11. The van der Waals surface area contributed by atoms with Crippen molar-refractivity contribution in [2.45, 2.75) is 39.7 Å². The number of carboxylic acids is 1. The summed E-state index contributed by atoms with van der Waals surface area (Å²) in [7, 11) is 0. The zero-order chi connectivity index (χ0) is 9.28. The van der Waals surface area contributed by atoms with Gasteiger partial charge in [-0.05, 0) is 18.8 Å². The fraction of sp³-hybridized carbons (Fsp3) is 0.875. The van der Waals surface area contributed by atoms with Crippen LogP contribution in [0.1, 0.15) is 34.1 Å². The first-order valence-corrected chi connectivity index (χ1v) is 3.61. The lowest BCUT2D eigenvalue weighted by Crippen LogP contribution is -2.38. The summed E-state index contributed by atoms with van der Waals surface area (Å²) in [5.74, 6) is -1.16. The van der Waals surface area contributed by atoms with E-state index in [1.54, 1.807) is 0 Å². The molecule has 0 heterocycles. The predicted octanol–water partition coefficient (Wildman–Crippen LogP) is 1.26. The van der Waals surface area contributed by atoms with Crippen LogP contribution < -0.4 is 0 Å². The monoisotopic (exact) mass is 160 g/mol. The highest BCUT2D eigenvalue weighted by Crippen LogP contribution is 2.26. The van der Waals surface area contributed by atoms with Gasteiger partial charge in [-0.1, -0.05) is 20.8 Å². The van der Waals surface area contributed by atoms with E-state index in [1.807, 2.05) is 20.8 Å². The Labute approximate surface area is 67.0 Å². The van der Waals surface area contributed by atoms with Crippen LogP contribution >= 0.6 is 0 Å². The van der Waals surface area contributed by atoms with Gasteiger partial charge in [0, 0.05) is 0 Å². The van der Waals surface area contributed by atoms with E-state index in [9.17, 15) is 9.90 Å². The number of carboxylic acid groups (broad SMARTS) is 1. The molecule has 0 spiro atoms. The zero-order valence-electron chi connectivity index (χ0n) is 7.51. The molecule has 1 atom stereocenters. The maximum atomic E-state index is 10.4. The Morgan fingerprint density at radius 1 is 1.27 bits per heavy atom. The van der Waals surface area contributed by atoms with Crippen molar-refractivity contribution in [3.63, 3.8) is 0 Å². The summed E-state index contributed by atoms with van der Waals surface area (Å²) in [4.78, 5) is 10.4. The minimum absolute atomic E-state index is 0.165. The normalized spacial score (nSPS) is 17.5. The third kappa shape index (κ3) is 3.98. The lowest BCUT2D eigenvalue weighted by Gasteiger charge is -2.27. The molecule has 0 aliphatic heterocycles. The summed E-state index contributed by atoms with van der Waals surface area (Å²) < 4.78 is 0. The minimum Gasteiger partial charge on any atom is -0.479 e. The minimum atomic E-state index is -1.60. The molecule has 0 rings (SSSR count). The summed E-state index contributed by atoms with van der Waals surface area (Å²) in [5.41, 5.74) is -1.76. The predicted molar refractivity (Wildman–Crippen MR) is 42.3 cm³/mol. The van der Waals surface area contributed by atoms with Crippen LogP contribution in [0, 0.1) is 5.41 Å². The van der Waals surface area contributed by atoms with Crippen molar-refractivity contribution in [2.75, 3.05) is 0 Å². The van der Waals surface area contributed by atoms with Gasteiger partial charge < -0.3 is 10.2 Å². The van der Waals surface area contributed by atoms with Crippen molar-refractivity contribution in [1.29, 1.82) is 0 Å². The van der Waals surface area contributed by atoms with Crippen molar-refractivity contribution in [3.8, 4) is 0 Å². The summed E-state index contributed by atoms with van der Waals surface area (Å²) in [5, 5.41) is 17.9. The maximum Gasteiger partial charge on any atom is 0.335 e. The highest BCUT2D eigenvalue weighted by atomic mass is 16.4. The van der Waals surface area contributed by atoms with Crippen LogP contribution in [-0.4, -0.2) is 21.8 Å². The molecule has 0 aliphatic rings. The van der Waals surface area contributed by atoms with Crippen molar-refractivity contribution in [2.24, 2.45) is 5.41 Å². The number of aliphatic hydroxyl groups is 1. The van der Waals surface area contributed by atoms with Gasteiger partial charge in [0.2, 0.25) is 0 Å². The highest BCUT2D eigenvalue weighted by Gasteiger charge is 2.34. The van der Waals surface area contributed by atoms with Crippen molar-refractivity contribution < 1.29 is 15.0 Å². The maximum absolute atomic E-state index is 10.4. The number of rotatable bonds is 2. The van der Waals surface area contributed by atoms with Crippen LogP contribution in [-0.2, 0) is 4.79 Å². The van der Waals surface area contributed by atoms with E-state index in [0.717, 1.165) is 0 Å². The standard InChI is InChI=1S/C8H16O3/c1-7(2,3)5-8(4,11)6(9)10/h11H,5H2,1-4H3,(H,9,10)/t8-/m1/s1. The number of aliphatic carboxylic acids is 1. The van der Waals surface area contributed by atoms with Gasteiger partial charge in [0.1, 0.15) is 0 Å². The molecule has 11 heavy (non-hydrogen) atoms. The Morgan fingerprint density at radius 3 is 1.73 bits per heavy atom. The van der Waals surface area contributed by atoms with Gasteiger partial charge in [0.05, 0.1) is 0 Å². The largest absolute Gasteiger partial charge is 0.479 e. The van der Waals surface area contributed by atoms with Gasteiger partial charge in [-0.3, -0.25) is 0 Å². The van der Waals surface area contributed by atoms with Crippen LogP contribution in [0.3, 0.4) is 0 Å². The van der Waals surface area contributed by atoms with E-state index < -0.39 is 11.6 Å². The molecular formula is C8H16O3. The second kappa shape index (κ2) is 2.81. The van der Waals surface area contributed by atoms with Gasteiger partial charge >= 0.3 is 5.97 Å². The van der Waals surface area contributed by atoms with Crippen molar-refractivity contribution >= 4 is 5.97 Å². The first-order chi connectivity index (χ1) is 4.65. The quantitative estimate of drug-likeness (QED) is 0.639. The molecule has 3 heteroatoms. The molecule has 0 aromatic heterocycles. The first-order valence-electron chi connectivity index (χ1n) is 3.61. The molecule has 0 aromatic carbocycles. The third-order valence-electron chi connectivity index (χ3n) is 1.34. The average molecular weight is 160 g/mol. The Bertz CT molecular complexity index is 153. The second-order valence-corrected chi connectivity index (χ2v) is 4.32. The van der Waals surface area contributed by atoms with Crippen molar-refractivity contribution in [1.82, 2.24) is 0 Å². The van der Waals surface area contributed by atoms with E-state index in [2.05, 4.69) is 0 Å². The van der Waals surface area contributed by atoms with Crippen LogP contribution in [0.25, 0.3) is 0 Å². The van der Waals surface area contributed by atoms with Crippen LogP contribution in [0.15, 0.2) is 0 Å². The van der Waals surface area contributed by atoms with E-state index in [1.165, 1.54) is 6.92 Å². The summed E-state index contributed by atoms with van der Waals surface area (Å²) in [6.07, 6.45) is 0.259. The molecule has 0 saturated heterocycles. The molecule has 0 amide bonds. The molecule has 2 N–H and O–H groups in total. The average Bonchev–Trinajstić information content (AvgIpc) is 1.56.